The molecule has 3 rings (SSSR count). The normalized spacial score (nSPS) is 21.4. The minimum Gasteiger partial charge on any atom is -0.381 e. The standard InChI is InChI=1S/C18H28N2O/c1-2-9-19-14-18(7-10-21-11-8-18)15-20-12-16-5-3-4-6-17(16)13-20/h3-6,19H,2,7-15H2,1H3. The fourth-order valence-corrected chi connectivity index (χ4v) is 3.72. The third-order valence-corrected chi connectivity index (χ3v) is 4.95. The Balaban J connectivity index is 1.62. The van der Waals surface area contributed by atoms with Crippen molar-refractivity contribution in [3.63, 3.8) is 0 Å². The van der Waals surface area contributed by atoms with Gasteiger partial charge in [-0.05, 0) is 42.3 Å². The second-order valence-electron chi connectivity index (χ2n) is 6.70. The van der Waals surface area contributed by atoms with Gasteiger partial charge in [0.25, 0.3) is 0 Å². The second-order valence-corrected chi connectivity index (χ2v) is 6.70. The molecule has 0 bridgehead atoms. The summed E-state index contributed by atoms with van der Waals surface area (Å²) >= 11 is 0. The maximum Gasteiger partial charge on any atom is 0.0472 e. The van der Waals surface area contributed by atoms with Crippen LogP contribution in [0.1, 0.15) is 37.3 Å². The molecule has 0 aromatic heterocycles. The van der Waals surface area contributed by atoms with Gasteiger partial charge in [-0.3, -0.25) is 4.90 Å². The van der Waals surface area contributed by atoms with Gasteiger partial charge >= 0.3 is 0 Å². The Bertz CT molecular complexity index is 429. The molecule has 1 fully saturated rings. The highest BCUT2D eigenvalue weighted by Crippen LogP contribution is 2.34. The summed E-state index contributed by atoms with van der Waals surface area (Å²) in [4.78, 5) is 2.63. The van der Waals surface area contributed by atoms with Gasteiger partial charge in [-0.25, -0.2) is 0 Å². The third-order valence-electron chi connectivity index (χ3n) is 4.95. The molecule has 3 nitrogen and oxygen atoms in total. The maximum atomic E-state index is 5.61. The molecule has 0 unspecified atom stereocenters. The number of ether oxygens (including phenoxy) is 1. The molecule has 2 aliphatic rings. The van der Waals surface area contributed by atoms with Crippen LogP contribution in [-0.2, 0) is 17.8 Å². The predicted octanol–water partition coefficient (Wildman–Crippen LogP) is 2.80. The number of nitrogens with one attached hydrogen (secondary N) is 1. The fraction of sp³-hybridized carbons (Fsp3) is 0.667. The van der Waals surface area contributed by atoms with Crippen LogP contribution in [0.3, 0.4) is 0 Å². The van der Waals surface area contributed by atoms with E-state index < -0.39 is 0 Å². The molecular weight excluding hydrogens is 260 g/mol. The molecule has 21 heavy (non-hydrogen) atoms. The van der Waals surface area contributed by atoms with Gasteiger partial charge < -0.3 is 10.1 Å². The maximum absolute atomic E-state index is 5.61. The summed E-state index contributed by atoms with van der Waals surface area (Å²) in [6.07, 6.45) is 3.59. The first-order valence-corrected chi connectivity index (χ1v) is 8.39. The van der Waals surface area contributed by atoms with Crippen LogP contribution >= 0.6 is 0 Å². The molecule has 0 saturated carbocycles. The van der Waals surface area contributed by atoms with Crippen LogP contribution in [0.15, 0.2) is 24.3 Å². The quantitative estimate of drug-likeness (QED) is 0.815. The van der Waals surface area contributed by atoms with Crippen molar-refractivity contribution in [2.45, 2.75) is 39.3 Å². The van der Waals surface area contributed by atoms with Gasteiger partial charge in [0.2, 0.25) is 0 Å². The minimum absolute atomic E-state index is 0.398. The first kappa shape index (κ1) is 15.0. The van der Waals surface area contributed by atoms with Gasteiger partial charge in [-0.15, -0.1) is 0 Å². The molecular formula is C18H28N2O. The van der Waals surface area contributed by atoms with Crippen molar-refractivity contribution in [1.82, 2.24) is 10.2 Å². The number of rotatable bonds is 6. The van der Waals surface area contributed by atoms with E-state index >= 15 is 0 Å². The van der Waals surface area contributed by atoms with E-state index in [2.05, 4.69) is 41.4 Å². The Kier molecular flexibility index (Phi) is 4.94. The zero-order valence-corrected chi connectivity index (χ0v) is 13.2. The van der Waals surface area contributed by atoms with Gasteiger partial charge in [-0.2, -0.15) is 0 Å². The van der Waals surface area contributed by atoms with E-state index in [0.29, 0.717) is 5.41 Å². The zero-order valence-electron chi connectivity index (χ0n) is 13.2. The molecule has 0 amide bonds. The topological polar surface area (TPSA) is 24.5 Å². The minimum atomic E-state index is 0.398. The second kappa shape index (κ2) is 6.91. The SMILES string of the molecule is CCCNCC1(CN2Cc3ccccc3C2)CCOCC1. The van der Waals surface area contributed by atoms with Gasteiger partial charge in [0, 0.05) is 39.4 Å². The van der Waals surface area contributed by atoms with Crippen molar-refractivity contribution in [2.24, 2.45) is 5.41 Å². The largest absolute Gasteiger partial charge is 0.381 e. The lowest BCUT2D eigenvalue weighted by atomic mass is 9.79. The van der Waals surface area contributed by atoms with Crippen LogP contribution in [0.5, 0.6) is 0 Å². The summed E-state index contributed by atoms with van der Waals surface area (Å²) in [5.74, 6) is 0. The molecule has 1 N–H and O–H groups in total. The van der Waals surface area contributed by atoms with Crippen LogP contribution in [0.4, 0.5) is 0 Å². The highest BCUT2D eigenvalue weighted by molar-refractivity contribution is 5.30. The van der Waals surface area contributed by atoms with Crippen LogP contribution in [0.25, 0.3) is 0 Å². The first-order valence-electron chi connectivity index (χ1n) is 8.39. The number of hydrogen-bond acceptors (Lipinski definition) is 3. The van der Waals surface area contributed by atoms with Crippen molar-refractivity contribution in [2.75, 3.05) is 32.8 Å². The number of nitrogens with zero attached hydrogens (tertiary/aromatic N) is 1. The summed E-state index contributed by atoms with van der Waals surface area (Å²) in [6, 6.07) is 8.88. The van der Waals surface area contributed by atoms with E-state index in [0.717, 1.165) is 39.4 Å². The molecule has 1 aromatic carbocycles. The van der Waals surface area contributed by atoms with Crippen molar-refractivity contribution >= 4 is 0 Å². The van der Waals surface area contributed by atoms with E-state index in [9.17, 15) is 0 Å². The number of fused-ring (bicyclic) bond motifs is 1. The predicted molar refractivity (Wildman–Crippen MR) is 86.2 cm³/mol. The molecule has 0 radical (unpaired) electrons. The zero-order chi connectivity index (χ0) is 14.5. The molecule has 0 aliphatic carbocycles. The molecule has 116 valence electrons. The lowest BCUT2D eigenvalue weighted by Crippen LogP contribution is -2.46. The molecule has 3 heteroatoms. The summed E-state index contributed by atoms with van der Waals surface area (Å²) in [6.45, 7) is 9.78. The third kappa shape index (κ3) is 3.65. The van der Waals surface area contributed by atoms with E-state index in [-0.39, 0.29) is 0 Å². The average molecular weight is 288 g/mol. The molecule has 0 spiro atoms. The van der Waals surface area contributed by atoms with Crippen LogP contribution in [0.2, 0.25) is 0 Å². The fourth-order valence-electron chi connectivity index (χ4n) is 3.72. The Morgan fingerprint density at radius 3 is 2.43 bits per heavy atom. The first-order chi connectivity index (χ1) is 10.3. The summed E-state index contributed by atoms with van der Waals surface area (Å²) < 4.78 is 5.61. The number of benzene rings is 1. The molecule has 1 aromatic rings. The van der Waals surface area contributed by atoms with Gasteiger partial charge in [-0.1, -0.05) is 31.2 Å². The van der Waals surface area contributed by atoms with Crippen molar-refractivity contribution < 1.29 is 4.74 Å². The Labute approximate surface area is 128 Å². The summed E-state index contributed by atoms with van der Waals surface area (Å²) in [7, 11) is 0. The monoisotopic (exact) mass is 288 g/mol. The van der Waals surface area contributed by atoms with Gasteiger partial charge in [0.1, 0.15) is 0 Å². The number of hydrogen-bond donors (Lipinski definition) is 1. The summed E-state index contributed by atoms with van der Waals surface area (Å²) in [5, 5.41) is 3.66. The summed E-state index contributed by atoms with van der Waals surface area (Å²) in [5.41, 5.74) is 3.43. The Morgan fingerprint density at radius 2 is 1.81 bits per heavy atom. The smallest absolute Gasteiger partial charge is 0.0472 e. The van der Waals surface area contributed by atoms with Crippen LogP contribution < -0.4 is 5.32 Å². The van der Waals surface area contributed by atoms with Crippen LogP contribution in [-0.4, -0.2) is 37.7 Å². The van der Waals surface area contributed by atoms with Crippen molar-refractivity contribution in [3.8, 4) is 0 Å². The molecule has 0 atom stereocenters. The average Bonchev–Trinajstić information content (AvgIpc) is 2.90. The van der Waals surface area contributed by atoms with E-state index in [1.807, 2.05) is 0 Å². The van der Waals surface area contributed by atoms with Crippen molar-refractivity contribution in [3.05, 3.63) is 35.4 Å². The van der Waals surface area contributed by atoms with Gasteiger partial charge in [0.15, 0.2) is 0 Å². The van der Waals surface area contributed by atoms with E-state index in [4.69, 9.17) is 4.74 Å². The van der Waals surface area contributed by atoms with Crippen LogP contribution in [0, 0.1) is 5.41 Å². The van der Waals surface area contributed by atoms with E-state index in [1.165, 1.54) is 36.9 Å². The lowest BCUT2D eigenvalue weighted by molar-refractivity contribution is -0.00508. The lowest BCUT2D eigenvalue weighted by Gasteiger charge is -2.40. The highest BCUT2D eigenvalue weighted by atomic mass is 16.5. The van der Waals surface area contributed by atoms with Gasteiger partial charge in [0.05, 0.1) is 0 Å². The van der Waals surface area contributed by atoms with Crippen molar-refractivity contribution in [1.29, 1.82) is 0 Å². The molecule has 2 aliphatic heterocycles. The Morgan fingerprint density at radius 1 is 1.14 bits per heavy atom. The molecule has 2 heterocycles. The Hall–Kier alpha value is -0.900. The molecule has 1 saturated heterocycles. The highest BCUT2D eigenvalue weighted by Gasteiger charge is 2.35. The van der Waals surface area contributed by atoms with E-state index in [1.54, 1.807) is 0 Å².